The molecule has 31 heavy (non-hydrogen) atoms. The van der Waals surface area contributed by atoms with Gasteiger partial charge in [-0.3, -0.25) is 9.48 Å². The monoisotopic (exact) mass is 453 g/mol. The Kier molecular flexibility index (Phi) is 4.69. The van der Waals surface area contributed by atoms with Gasteiger partial charge < -0.3 is 5.32 Å². The van der Waals surface area contributed by atoms with E-state index in [4.69, 9.17) is 16.7 Å². The van der Waals surface area contributed by atoms with E-state index in [2.05, 4.69) is 5.32 Å². The number of nitrogens with zero attached hydrogens (tertiary/aromatic N) is 2. The Morgan fingerprint density at radius 2 is 1.87 bits per heavy atom. The van der Waals surface area contributed by atoms with Crippen LogP contribution in [0.25, 0.3) is 10.2 Å². The summed E-state index contributed by atoms with van der Waals surface area (Å²) in [7, 11) is 0. The summed E-state index contributed by atoms with van der Waals surface area (Å²) in [5.74, 6) is 2.79. The smallest absolute Gasteiger partial charge is 0.261 e. The predicted octanol–water partition coefficient (Wildman–Crippen LogP) is 6.05. The maximum Gasteiger partial charge on any atom is 0.261 e. The van der Waals surface area contributed by atoms with Crippen LogP contribution in [0.5, 0.6) is 0 Å². The number of carbonyl (C=O) groups excluding carboxylic acids is 1. The molecular weight excluding hydrogens is 426 g/mol. The van der Waals surface area contributed by atoms with Gasteiger partial charge in [0.1, 0.15) is 4.83 Å². The van der Waals surface area contributed by atoms with Crippen molar-refractivity contribution >= 4 is 39.1 Å². The van der Waals surface area contributed by atoms with Gasteiger partial charge in [-0.25, -0.2) is 0 Å². The molecule has 7 rings (SSSR count). The standard InChI is InChI=1S/C25H28ClN3OS/c1-15-20-9-22(31-24(20)29(28-15)13-19-4-2-3-5-21(19)26)23(30)27-14-25-10-16-6-17(11-25)8-18(7-16)12-25/h2-5,9,16-18H,6-8,10-14H2,1H3,(H,27,30). The Labute approximate surface area is 192 Å². The highest BCUT2D eigenvalue weighted by Crippen LogP contribution is 2.59. The van der Waals surface area contributed by atoms with Gasteiger partial charge in [-0.2, -0.15) is 5.10 Å². The van der Waals surface area contributed by atoms with Crippen LogP contribution in [0.2, 0.25) is 5.02 Å². The van der Waals surface area contributed by atoms with Crippen LogP contribution >= 0.6 is 22.9 Å². The van der Waals surface area contributed by atoms with E-state index in [0.717, 1.165) is 55.7 Å². The summed E-state index contributed by atoms with van der Waals surface area (Å²) in [4.78, 5) is 14.9. The first-order chi connectivity index (χ1) is 15.0. The average Bonchev–Trinajstić information content (AvgIpc) is 3.28. The molecule has 2 heterocycles. The van der Waals surface area contributed by atoms with Gasteiger partial charge in [0, 0.05) is 17.0 Å². The van der Waals surface area contributed by atoms with Crippen LogP contribution in [0, 0.1) is 30.1 Å². The third kappa shape index (κ3) is 3.50. The fourth-order valence-electron chi connectivity index (χ4n) is 6.98. The highest BCUT2D eigenvalue weighted by Gasteiger charge is 2.50. The largest absolute Gasteiger partial charge is 0.351 e. The zero-order chi connectivity index (χ0) is 21.2. The Bertz CT molecular complexity index is 1130. The molecule has 0 atom stereocenters. The van der Waals surface area contributed by atoms with Gasteiger partial charge in [0.05, 0.1) is 17.1 Å². The van der Waals surface area contributed by atoms with Crippen molar-refractivity contribution in [2.75, 3.05) is 6.54 Å². The molecule has 1 N–H and O–H groups in total. The molecular formula is C25H28ClN3OS. The van der Waals surface area contributed by atoms with E-state index in [9.17, 15) is 4.79 Å². The zero-order valence-corrected chi connectivity index (χ0v) is 19.4. The fourth-order valence-corrected chi connectivity index (χ4v) is 8.25. The van der Waals surface area contributed by atoms with Gasteiger partial charge in [0.25, 0.3) is 5.91 Å². The lowest BCUT2D eigenvalue weighted by Crippen LogP contribution is -2.51. The number of aromatic nitrogens is 2. The van der Waals surface area contributed by atoms with Crippen LogP contribution in [-0.2, 0) is 6.54 Å². The van der Waals surface area contributed by atoms with Crippen LogP contribution in [-0.4, -0.2) is 22.2 Å². The van der Waals surface area contributed by atoms with Crippen LogP contribution < -0.4 is 5.32 Å². The summed E-state index contributed by atoms with van der Waals surface area (Å²) in [6, 6.07) is 9.88. The number of halogens is 1. The Balaban J connectivity index is 1.20. The molecule has 4 aliphatic rings. The highest BCUT2D eigenvalue weighted by molar-refractivity contribution is 7.20. The van der Waals surface area contributed by atoms with E-state index in [1.807, 2.05) is 41.9 Å². The molecule has 6 heteroatoms. The molecule has 0 radical (unpaired) electrons. The molecule has 1 aromatic carbocycles. The summed E-state index contributed by atoms with van der Waals surface area (Å²) in [5.41, 5.74) is 2.35. The Morgan fingerprint density at radius 3 is 2.55 bits per heavy atom. The number of aryl methyl sites for hydroxylation is 1. The molecule has 4 saturated carbocycles. The number of thiophene rings is 1. The number of carbonyl (C=O) groups is 1. The molecule has 4 bridgehead atoms. The minimum Gasteiger partial charge on any atom is -0.351 e. The number of rotatable bonds is 5. The van der Waals surface area contributed by atoms with Crippen molar-refractivity contribution in [2.45, 2.75) is 52.0 Å². The normalized spacial score (nSPS) is 29.0. The highest BCUT2D eigenvalue weighted by atomic mass is 35.5. The minimum absolute atomic E-state index is 0.0700. The summed E-state index contributed by atoms with van der Waals surface area (Å²) in [6.45, 7) is 3.46. The lowest BCUT2D eigenvalue weighted by Gasteiger charge is -2.56. The van der Waals surface area contributed by atoms with E-state index in [0.29, 0.717) is 12.0 Å². The second kappa shape index (κ2) is 7.35. The molecule has 0 aliphatic heterocycles. The van der Waals surface area contributed by atoms with Crippen LogP contribution in [0.15, 0.2) is 30.3 Å². The second-order valence-corrected chi connectivity index (χ2v) is 11.7. The van der Waals surface area contributed by atoms with Crippen LogP contribution in [0.3, 0.4) is 0 Å². The lowest BCUT2D eigenvalue weighted by atomic mass is 9.49. The van der Waals surface area contributed by atoms with Crippen molar-refractivity contribution in [3.05, 3.63) is 51.5 Å². The van der Waals surface area contributed by atoms with Gasteiger partial charge in [-0.05, 0) is 86.3 Å². The van der Waals surface area contributed by atoms with Gasteiger partial charge >= 0.3 is 0 Å². The SMILES string of the molecule is Cc1nn(Cc2ccccc2Cl)c2sc(C(=O)NCC34CC5CC(CC(C5)C3)C4)cc12. The van der Waals surface area contributed by atoms with E-state index < -0.39 is 0 Å². The quantitative estimate of drug-likeness (QED) is 0.510. The number of hydrogen-bond acceptors (Lipinski definition) is 3. The second-order valence-electron chi connectivity index (χ2n) is 10.3. The molecule has 4 nitrogen and oxygen atoms in total. The predicted molar refractivity (Wildman–Crippen MR) is 126 cm³/mol. The van der Waals surface area contributed by atoms with Crippen LogP contribution in [0.4, 0.5) is 0 Å². The average molecular weight is 454 g/mol. The summed E-state index contributed by atoms with van der Waals surface area (Å²) < 4.78 is 1.98. The topological polar surface area (TPSA) is 46.9 Å². The van der Waals surface area contributed by atoms with E-state index in [1.54, 1.807) is 11.3 Å². The van der Waals surface area contributed by atoms with Crippen molar-refractivity contribution in [1.82, 2.24) is 15.1 Å². The first kappa shape index (κ1) is 19.8. The molecule has 3 aromatic rings. The summed E-state index contributed by atoms with van der Waals surface area (Å²) in [5, 5.41) is 9.83. The number of fused-ring (bicyclic) bond motifs is 1. The molecule has 2 aromatic heterocycles. The van der Waals surface area contributed by atoms with Gasteiger partial charge in [-0.1, -0.05) is 29.8 Å². The molecule has 162 valence electrons. The zero-order valence-electron chi connectivity index (χ0n) is 17.9. The third-order valence-electron chi connectivity index (χ3n) is 7.90. The summed E-state index contributed by atoms with van der Waals surface area (Å²) >= 11 is 7.90. The fraction of sp³-hybridized carbons (Fsp3) is 0.520. The van der Waals surface area contributed by atoms with Gasteiger partial charge in [0.2, 0.25) is 0 Å². The summed E-state index contributed by atoms with van der Waals surface area (Å²) in [6.07, 6.45) is 8.26. The Hall–Kier alpha value is -1.85. The number of amides is 1. The van der Waals surface area contributed by atoms with Crippen molar-refractivity contribution < 1.29 is 4.79 Å². The molecule has 4 aliphatic carbocycles. The van der Waals surface area contributed by atoms with Crippen molar-refractivity contribution in [1.29, 1.82) is 0 Å². The molecule has 0 saturated heterocycles. The Morgan fingerprint density at radius 1 is 1.19 bits per heavy atom. The maximum atomic E-state index is 13.1. The number of benzene rings is 1. The van der Waals surface area contributed by atoms with Crippen molar-refractivity contribution in [3.63, 3.8) is 0 Å². The van der Waals surface area contributed by atoms with E-state index in [-0.39, 0.29) is 5.91 Å². The van der Waals surface area contributed by atoms with Gasteiger partial charge in [-0.15, -0.1) is 11.3 Å². The third-order valence-corrected chi connectivity index (χ3v) is 9.41. The van der Waals surface area contributed by atoms with Crippen molar-refractivity contribution in [2.24, 2.45) is 23.2 Å². The first-order valence-corrected chi connectivity index (χ1v) is 12.7. The number of hydrogen-bond donors (Lipinski definition) is 1. The molecule has 0 spiro atoms. The van der Waals surface area contributed by atoms with E-state index >= 15 is 0 Å². The van der Waals surface area contributed by atoms with E-state index in [1.165, 1.54) is 38.5 Å². The molecule has 0 unspecified atom stereocenters. The van der Waals surface area contributed by atoms with Gasteiger partial charge in [0.15, 0.2) is 0 Å². The van der Waals surface area contributed by atoms with Crippen LogP contribution in [0.1, 0.15) is 59.5 Å². The minimum atomic E-state index is 0.0700. The molecule has 4 fully saturated rings. The maximum absolute atomic E-state index is 13.1. The lowest BCUT2D eigenvalue weighted by molar-refractivity contribution is -0.0503. The first-order valence-electron chi connectivity index (χ1n) is 11.5. The molecule has 1 amide bonds. The number of nitrogens with one attached hydrogen (secondary N) is 1. The van der Waals surface area contributed by atoms with Crippen molar-refractivity contribution in [3.8, 4) is 0 Å².